The number of esters is 1. The van der Waals surface area contributed by atoms with Crippen LogP contribution in [0.25, 0.3) is 0 Å². The highest BCUT2D eigenvalue weighted by Crippen LogP contribution is 2.13. The SMILES string of the molecule is COC(=O)CCC(O)C#CCc1ccc(OCCCCOc2ccccc2)cc1. The average Bonchev–Trinajstić information content (AvgIpc) is 2.76. The normalized spacial score (nSPS) is 11.1. The lowest BCUT2D eigenvalue weighted by Crippen LogP contribution is -2.08. The van der Waals surface area contributed by atoms with Gasteiger partial charge in [-0.15, -0.1) is 0 Å². The topological polar surface area (TPSA) is 65.0 Å². The van der Waals surface area contributed by atoms with Crippen molar-refractivity contribution in [3.63, 3.8) is 0 Å². The summed E-state index contributed by atoms with van der Waals surface area (Å²) in [6, 6.07) is 17.6. The van der Waals surface area contributed by atoms with Crippen LogP contribution in [0.1, 0.15) is 31.2 Å². The highest BCUT2D eigenvalue weighted by atomic mass is 16.5. The van der Waals surface area contributed by atoms with Crippen molar-refractivity contribution < 1.29 is 24.1 Å². The number of aliphatic hydroxyl groups excluding tert-OH is 1. The summed E-state index contributed by atoms with van der Waals surface area (Å²) in [5.74, 6) is 7.05. The number of methoxy groups -OCH3 is 1. The van der Waals surface area contributed by atoms with E-state index < -0.39 is 6.10 Å². The summed E-state index contributed by atoms with van der Waals surface area (Å²) in [7, 11) is 1.33. The van der Waals surface area contributed by atoms with Crippen LogP contribution < -0.4 is 9.47 Å². The molecule has 0 heterocycles. The van der Waals surface area contributed by atoms with E-state index in [0.29, 0.717) is 19.6 Å². The zero-order chi connectivity index (χ0) is 20.7. The maximum Gasteiger partial charge on any atom is 0.305 e. The van der Waals surface area contributed by atoms with Crippen LogP contribution in [0, 0.1) is 11.8 Å². The van der Waals surface area contributed by atoms with Gasteiger partial charge in [-0.05, 0) is 49.1 Å². The van der Waals surface area contributed by atoms with Crippen LogP contribution in [0.5, 0.6) is 11.5 Å². The average molecular weight is 396 g/mol. The number of rotatable bonds is 11. The summed E-state index contributed by atoms with van der Waals surface area (Å²) < 4.78 is 15.9. The molecule has 1 N–H and O–H groups in total. The minimum atomic E-state index is -0.817. The number of carbonyl (C=O) groups excluding carboxylic acids is 1. The third-order valence-corrected chi connectivity index (χ3v) is 4.15. The molecule has 1 unspecified atom stereocenters. The van der Waals surface area contributed by atoms with Crippen LogP contribution in [-0.4, -0.2) is 37.5 Å². The molecule has 0 fully saturated rings. The van der Waals surface area contributed by atoms with Crippen LogP contribution in [0.2, 0.25) is 0 Å². The lowest BCUT2D eigenvalue weighted by Gasteiger charge is -2.08. The standard InChI is InChI=1S/C24H28O5/c1-27-24(26)17-14-21(25)9-7-8-20-12-15-23(16-13-20)29-19-6-5-18-28-22-10-3-2-4-11-22/h2-4,10-13,15-16,21,25H,5-6,8,14,17-19H2,1H3. The fraction of sp³-hybridized carbons (Fsp3) is 0.375. The molecule has 0 aliphatic heterocycles. The first kappa shape index (κ1) is 22.3. The number of benzene rings is 2. The van der Waals surface area contributed by atoms with Crippen molar-refractivity contribution in [1.29, 1.82) is 0 Å². The Balaban J connectivity index is 1.59. The molecule has 0 radical (unpaired) electrons. The van der Waals surface area contributed by atoms with Crippen LogP contribution in [0.3, 0.4) is 0 Å². The highest BCUT2D eigenvalue weighted by molar-refractivity contribution is 5.69. The van der Waals surface area contributed by atoms with Gasteiger partial charge in [-0.3, -0.25) is 4.79 Å². The van der Waals surface area contributed by atoms with Crippen molar-refractivity contribution >= 4 is 5.97 Å². The van der Waals surface area contributed by atoms with Gasteiger partial charge in [0.1, 0.15) is 17.6 Å². The Morgan fingerprint density at radius 2 is 1.59 bits per heavy atom. The molecule has 0 amide bonds. The number of hydrogen-bond donors (Lipinski definition) is 1. The maximum atomic E-state index is 11.0. The molecule has 2 aromatic carbocycles. The van der Waals surface area contributed by atoms with Crippen LogP contribution in [0.4, 0.5) is 0 Å². The molecule has 2 aromatic rings. The van der Waals surface area contributed by atoms with E-state index in [0.717, 1.165) is 29.9 Å². The van der Waals surface area contributed by atoms with Gasteiger partial charge in [0.05, 0.1) is 20.3 Å². The van der Waals surface area contributed by atoms with Gasteiger partial charge >= 0.3 is 5.97 Å². The Morgan fingerprint density at radius 1 is 0.966 bits per heavy atom. The molecule has 2 rings (SSSR count). The Bertz CT molecular complexity index is 774. The predicted molar refractivity (Wildman–Crippen MR) is 112 cm³/mol. The molecule has 154 valence electrons. The summed E-state index contributed by atoms with van der Waals surface area (Å²) in [6.07, 6.45) is 2.01. The number of hydrogen-bond acceptors (Lipinski definition) is 5. The zero-order valence-electron chi connectivity index (χ0n) is 16.8. The fourth-order valence-electron chi connectivity index (χ4n) is 2.50. The van der Waals surface area contributed by atoms with Gasteiger partial charge in [0, 0.05) is 12.8 Å². The predicted octanol–water partition coefficient (Wildman–Crippen LogP) is 3.78. The largest absolute Gasteiger partial charge is 0.494 e. The van der Waals surface area contributed by atoms with Crippen molar-refractivity contribution in [2.75, 3.05) is 20.3 Å². The Kier molecular flexibility index (Phi) is 10.2. The number of ether oxygens (including phenoxy) is 3. The Labute approximate surface area is 172 Å². The molecule has 0 saturated heterocycles. The number of carbonyl (C=O) groups is 1. The van der Waals surface area contributed by atoms with E-state index in [4.69, 9.17) is 9.47 Å². The smallest absolute Gasteiger partial charge is 0.305 e. The van der Waals surface area contributed by atoms with Crippen molar-refractivity contribution in [1.82, 2.24) is 0 Å². The van der Waals surface area contributed by atoms with Crippen molar-refractivity contribution in [2.45, 2.75) is 38.2 Å². The molecule has 0 aliphatic rings. The van der Waals surface area contributed by atoms with E-state index in [2.05, 4.69) is 16.6 Å². The summed E-state index contributed by atoms with van der Waals surface area (Å²) >= 11 is 0. The van der Waals surface area contributed by atoms with Crippen molar-refractivity contribution in [3.05, 3.63) is 60.2 Å². The van der Waals surface area contributed by atoms with Gasteiger partial charge in [-0.1, -0.05) is 42.2 Å². The second kappa shape index (κ2) is 13.2. The maximum absolute atomic E-state index is 11.0. The molecular formula is C24H28O5. The summed E-state index contributed by atoms with van der Waals surface area (Å²) in [5.41, 5.74) is 1.04. The minimum Gasteiger partial charge on any atom is -0.494 e. The summed E-state index contributed by atoms with van der Waals surface area (Å²) in [4.78, 5) is 11.0. The first-order chi connectivity index (χ1) is 14.2. The monoisotopic (exact) mass is 396 g/mol. The van der Waals surface area contributed by atoms with Gasteiger partial charge in [0.15, 0.2) is 0 Å². The lowest BCUT2D eigenvalue weighted by atomic mass is 10.1. The van der Waals surface area contributed by atoms with Gasteiger partial charge < -0.3 is 19.3 Å². The molecule has 1 atom stereocenters. The minimum absolute atomic E-state index is 0.163. The molecule has 0 bridgehead atoms. The Hall–Kier alpha value is -2.97. The van der Waals surface area contributed by atoms with E-state index in [1.165, 1.54) is 7.11 Å². The van der Waals surface area contributed by atoms with E-state index in [1.54, 1.807) is 0 Å². The quantitative estimate of drug-likeness (QED) is 0.356. The number of unbranched alkanes of at least 4 members (excludes halogenated alkanes) is 1. The lowest BCUT2D eigenvalue weighted by molar-refractivity contribution is -0.141. The second-order valence-corrected chi connectivity index (χ2v) is 6.49. The highest BCUT2D eigenvalue weighted by Gasteiger charge is 2.05. The molecule has 5 heteroatoms. The first-order valence-electron chi connectivity index (χ1n) is 9.80. The van der Waals surface area contributed by atoms with E-state index >= 15 is 0 Å². The third-order valence-electron chi connectivity index (χ3n) is 4.15. The number of aliphatic hydroxyl groups is 1. The van der Waals surface area contributed by atoms with Gasteiger partial charge in [0.2, 0.25) is 0 Å². The van der Waals surface area contributed by atoms with Crippen molar-refractivity contribution in [3.8, 4) is 23.3 Å². The van der Waals surface area contributed by atoms with Crippen LogP contribution in [-0.2, 0) is 16.0 Å². The van der Waals surface area contributed by atoms with Crippen LogP contribution in [0.15, 0.2) is 54.6 Å². The van der Waals surface area contributed by atoms with Gasteiger partial charge in [0.25, 0.3) is 0 Å². The van der Waals surface area contributed by atoms with Crippen molar-refractivity contribution in [2.24, 2.45) is 0 Å². The molecule has 0 aromatic heterocycles. The number of para-hydroxylation sites is 1. The summed E-state index contributed by atoms with van der Waals surface area (Å²) in [6.45, 7) is 1.32. The van der Waals surface area contributed by atoms with Gasteiger partial charge in [-0.2, -0.15) is 0 Å². The summed E-state index contributed by atoms with van der Waals surface area (Å²) in [5, 5.41) is 9.73. The van der Waals surface area contributed by atoms with E-state index in [9.17, 15) is 9.90 Å². The Morgan fingerprint density at radius 3 is 2.21 bits per heavy atom. The molecule has 5 nitrogen and oxygen atoms in total. The molecule has 29 heavy (non-hydrogen) atoms. The third kappa shape index (κ3) is 9.68. The fourth-order valence-corrected chi connectivity index (χ4v) is 2.50. The van der Waals surface area contributed by atoms with E-state index in [1.807, 2.05) is 54.6 Å². The first-order valence-corrected chi connectivity index (χ1v) is 9.80. The zero-order valence-corrected chi connectivity index (χ0v) is 16.8. The second-order valence-electron chi connectivity index (χ2n) is 6.49. The molecule has 0 saturated carbocycles. The van der Waals surface area contributed by atoms with Crippen LogP contribution >= 0.6 is 0 Å². The molecular weight excluding hydrogens is 368 g/mol. The van der Waals surface area contributed by atoms with E-state index in [-0.39, 0.29) is 18.8 Å². The van der Waals surface area contributed by atoms with Gasteiger partial charge in [-0.25, -0.2) is 0 Å². The molecule has 0 spiro atoms. The molecule has 0 aliphatic carbocycles.